The third kappa shape index (κ3) is 3.61. The van der Waals surface area contributed by atoms with Crippen LogP contribution in [0.4, 0.5) is 10.5 Å². The molecule has 1 atom stereocenters. The standard InChI is InChI=1S/C13H15ClN2O3/c1-7(8-2-3-8)15-13(19)16-11-6-9(12(17)18)4-5-10(11)14/h4-8H,2-3H2,1H3,(H,17,18)(H2,15,16,19). The number of anilines is 1. The molecule has 0 aliphatic heterocycles. The maximum Gasteiger partial charge on any atom is 0.335 e. The molecule has 0 spiro atoms. The van der Waals surface area contributed by atoms with Gasteiger partial charge in [0.1, 0.15) is 0 Å². The average Bonchev–Trinajstić information content (AvgIpc) is 3.15. The molecule has 19 heavy (non-hydrogen) atoms. The molecule has 3 N–H and O–H groups in total. The third-order valence-electron chi connectivity index (χ3n) is 3.15. The lowest BCUT2D eigenvalue weighted by atomic mass is 10.2. The van der Waals surface area contributed by atoms with E-state index in [4.69, 9.17) is 16.7 Å². The predicted octanol–water partition coefficient (Wildman–Crippen LogP) is 2.96. The number of urea groups is 1. The van der Waals surface area contributed by atoms with E-state index in [0.717, 1.165) is 12.8 Å². The van der Waals surface area contributed by atoms with E-state index in [9.17, 15) is 9.59 Å². The maximum absolute atomic E-state index is 11.8. The normalized spacial score (nSPS) is 15.7. The summed E-state index contributed by atoms with van der Waals surface area (Å²) in [7, 11) is 0. The summed E-state index contributed by atoms with van der Waals surface area (Å²) in [6.45, 7) is 1.95. The van der Waals surface area contributed by atoms with Gasteiger partial charge in [0.2, 0.25) is 0 Å². The van der Waals surface area contributed by atoms with Crippen molar-refractivity contribution in [3.8, 4) is 0 Å². The Labute approximate surface area is 116 Å². The van der Waals surface area contributed by atoms with Gasteiger partial charge in [-0.2, -0.15) is 0 Å². The van der Waals surface area contributed by atoms with Crippen molar-refractivity contribution in [2.24, 2.45) is 5.92 Å². The number of hydrogen-bond acceptors (Lipinski definition) is 2. The SMILES string of the molecule is CC(NC(=O)Nc1cc(C(=O)O)ccc1Cl)C1CC1. The van der Waals surface area contributed by atoms with Gasteiger partial charge < -0.3 is 15.7 Å². The van der Waals surface area contributed by atoms with Crippen LogP contribution in [0.1, 0.15) is 30.1 Å². The first-order chi connectivity index (χ1) is 8.97. The van der Waals surface area contributed by atoms with Crippen molar-refractivity contribution >= 4 is 29.3 Å². The van der Waals surface area contributed by atoms with Gasteiger partial charge in [-0.15, -0.1) is 0 Å². The van der Waals surface area contributed by atoms with Gasteiger partial charge in [0, 0.05) is 6.04 Å². The van der Waals surface area contributed by atoms with E-state index in [1.54, 1.807) is 0 Å². The number of rotatable bonds is 4. The number of halogens is 1. The minimum atomic E-state index is -1.06. The van der Waals surface area contributed by atoms with Crippen LogP contribution >= 0.6 is 11.6 Å². The number of carbonyl (C=O) groups excluding carboxylic acids is 1. The lowest BCUT2D eigenvalue weighted by Crippen LogP contribution is -2.37. The van der Waals surface area contributed by atoms with Gasteiger partial charge in [-0.3, -0.25) is 0 Å². The zero-order valence-electron chi connectivity index (χ0n) is 10.4. The van der Waals surface area contributed by atoms with E-state index in [0.29, 0.717) is 16.6 Å². The zero-order valence-corrected chi connectivity index (χ0v) is 11.2. The molecule has 0 bridgehead atoms. The Kier molecular flexibility index (Phi) is 3.95. The van der Waals surface area contributed by atoms with Crippen LogP contribution in [-0.2, 0) is 0 Å². The number of hydrogen-bond donors (Lipinski definition) is 3. The van der Waals surface area contributed by atoms with E-state index >= 15 is 0 Å². The van der Waals surface area contributed by atoms with E-state index in [1.807, 2.05) is 6.92 Å². The van der Waals surface area contributed by atoms with Crippen molar-refractivity contribution < 1.29 is 14.7 Å². The van der Waals surface area contributed by atoms with E-state index < -0.39 is 5.97 Å². The number of aromatic carboxylic acids is 1. The van der Waals surface area contributed by atoms with Gasteiger partial charge in [0.25, 0.3) is 0 Å². The van der Waals surface area contributed by atoms with Crippen LogP contribution in [0.2, 0.25) is 5.02 Å². The molecule has 0 heterocycles. The third-order valence-corrected chi connectivity index (χ3v) is 3.48. The van der Waals surface area contributed by atoms with Crippen LogP contribution in [-0.4, -0.2) is 23.1 Å². The molecular weight excluding hydrogens is 268 g/mol. The highest BCUT2D eigenvalue weighted by Gasteiger charge is 2.28. The van der Waals surface area contributed by atoms with Crippen molar-refractivity contribution in [3.05, 3.63) is 28.8 Å². The van der Waals surface area contributed by atoms with E-state index in [-0.39, 0.29) is 17.6 Å². The molecule has 1 aliphatic rings. The summed E-state index contributed by atoms with van der Waals surface area (Å²) in [4.78, 5) is 22.6. The predicted molar refractivity (Wildman–Crippen MR) is 72.8 cm³/mol. The molecule has 2 amide bonds. The van der Waals surface area contributed by atoms with Crippen molar-refractivity contribution in [2.45, 2.75) is 25.8 Å². The summed E-state index contributed by atoms with van der Waals surface area (Å²) in [5.74, 6) is -0.516. The van der Waals surface area contributed by atoms with Crippen molar-refractivity contribution in [2.75, 3.05) is 5.32 Å². The number of carboxylic acid groups (broad SMARTS) is 1. The van der Waals surface area contributed by atoms with Crippen molar-refractivity contribution in [1.82, 2.24) is 5.32 Å². The Morgan fingerprint density at radius 2 is 2.11 bits per heavy atom. The summed E-state index contributed by atoms with van der Waals surface area (Å²) in [5.41, 5.74) is 0.372. The fourth-order valence-electron chi connectivity index (χ4n) is 1.83. The topological polar surface area (TPSA) is 78.4 Å². The Bertz CT molecular complexity index is 515. The number of nitrogens with one attached hydrogen (secondary N) is 2. The van der Waals surface area contributed by atoms with Crippen LogP contribution in [0, 0.1) is 5.92 Å². The van der Waals surface area contributed by atoms with Gasteiger partial charge in [-0.1, -0.05) is 11.6 Å². The Balaban J connectivity index is 2.02. The number of carbonyl (C=O) groups is 2. The van der Waals surface area contributed by atoms with Gasteiger partial charge in [0.05, 0.1) is 16.3 Å². The highest BCUT2D eigenvalue weighted by atomic mass is 35.5. The van der Waals surface area contributed by atoms with Crippen LogP contribution < -0.4 is 10.6 Å². The molecule has 6 heteroatoms. The molecule has 1 aromatic carbocycles. The number of carboxylic acids is 1. The molecule has 1 aromatic rings. The lowest BCUT2D eigenvalue weighted by Gasteiger charge is -2.14. The number of amides is 2. The first kappa shape index (κ1) is 13.7. The molecule has 0 saturated heterocycles. The van der Waals surface area contributed by atoms with E-state index in [2.05, 4.69) is 10.6 Å². The minimum Gasteiger partial charge on any atom is -0.478 e. The van der Waals surface area contributed by atoms with Crippen LogP contribution in [0.3, 0.4) is 0 Å². The lowest BCUT2D eigenvalue weighted by molar-refractivity contribution is 0.0697. The number of benzene rings is 1. The second-order valence-corrected chi connectivity index (χ2v) is 5.13. The Morgan fingerprint density at radius 3 is 2.68 bits per heavy atom. The van der Waals surface area contributed by atoms with Crippen molar-refractivity contribution in [1.29, 1.82) is 0 Å². The summed E-state index contributed by atoms with van der Waals surface area (Å²) >= 11 is 5.92. The van der Waals surface area contributed by atoms with Gasteiger partial charge in [-0.25, -0.2) is 9.59 Å². The highest BCUT2D eigenvalue weighted by molar-refractivity contribution is 6.33. The molecular formula is C13H15ClN2O3. The minimum absolute atomic E-state index is 0.0786. The zero-order chi connectivity index (χ0) is 14.0. The fourth-order valence-corrected chi connectivity index (χ4v) is 2.00. The summed E-state index contributed by atoms with van der Waals surface area (Å²) in [5, 5.41) is 14.6. The summed E-state index contributed by atoms with van der Waals surface area (Å²) < 4.78 is 0. The molecule has 1 unspecified atom stereocenters. The first-order valence-electron chi connectivity index (χ1n) is 6.07. The summed E-state index contributed by atoms with van der Waals surface area (Å²) in [6, 6.07) is 3.92. The molecule has 2 rings (SSSR count). The second-order valence-electron chi connectivity index (χ2n) is 4.72. The molecule has 102 valence electrons. The molecule has 1 fully saturated rings. The van der Waals surface area contributed by atoms with Crippen LogP contribution in [0.25, 0.3) is 0 Å². The Morgan fingerprint density at radius 1 is 1.42 bits per heavy atom. The van der Waals surface area contributed by atoms with Crippen LogP contribution in [0.15, 0.2) is 18.2 Å². The fraction of sp³-hybridized carbons (Fsp3) is 0.385. The van der Waals surface area contributed by atoms with Gasteiger partial charge in [0.15, 0.2) is 0 Å². The molecule has 1 aliphatic carbocycles. The maximum atomic E-state index is 11.8. The largest absolute Gasteiger partial charge is 0.478 e. The molecule has 0 radical (unpaired) electrons. The molecule has 1 saturated carbocycles. The highest BCUT2D eigenvalue weighted by Crippen LogP contribution is 2.32. The Hall–Kier alpha value is -1.75. The smallest absolute Gasteiger partial charge is 0.335 e. The van der Waals surface area contributed by atoms with Crippen molar-refractivity contribution in [3.63, 3.8) is 0 Å². The van der Waals surface area contributed by atoms with E-state index in [1.165, 1.54) is 18.2 Å². The van der Waals surface area contributed by atoms with Crippen LogP contribution in [0.5, 0.6) is 0 Å². The average molecular weight is 283 g/mol. The van der Waals surface area contributed by atoms with Gasteiger partial charge >= 0.3 is 12.0 Å². The quantitative estimate of drug-likeness (QED) is 0.794. The second kappa shape index (κ2) is 5.48. The molecule has 5 nitrogen and oxygen atoms in total. The summed E-state index contributed by atoms with van der Waals surface area (Å²) in [6.07, 6.45) is 2.27. The van der Waals surface area contributed by atoms with Gasteiger partial charge in [-0.05, 0) is 43.9 Å². The molecule has 0 aromatic heterocycles. The monoisotopic (exact) mass is 282 g/mol. The first-order valence-corrected chi connectivity index (χ1v) is 6.45.